The van der Waals surface area contributed by atoms with Gasteiger partial charge in [0, 0.05) is 23.7 Å². The minimum Gasteiger partial charge on any atom is -0.334 e. The average molecular weight is 301 g/mol. The van der Waals surface area contributed by atoms with Crippen molar-refractivity contribution in [3.8, 4) is 0 Å². The lowest BCUT2D eigenvalue weighted by Crippen LogP contribution is -2.51. The second kappa shape index (κ2) is 6.12. The average Bonchev–Trinajstić information content (AvgIpc) is 2.40. The number of amides is 1. The Balaban J connectivity index is 2.28. The molecule has 1 heterocycles. The smallest absolute Gasteiger partial charge is 0.255 e. The molecule has 2 unspecified atom stereocenters. The molecule has 0 bridgehead atoms. The number of rotatable bonds is 2. The van der Waals surface area contributed by atoms with Gasteiger partial charge in [-0.2, -0.15) is 0 Å². The summed E-state index contributed by atoms with van der Waals surface area (Å²) >= 11 is 12.0. The SMILES string of the molecule is CC(N)C1CCCCN1C(=O)c1cc(Cl)ccc1Cl. The van der Waals surface area contributed by atoms with Gasteiger partial charge in [-0.15, -0.1) is 0 Å². The fraction of sp³-hybridized carbons (Fsp3) is 0.500. The third-order valence-electron chi connectivity index (χ3n) is 3.58. The van der Waals surface area contributed by atoms with E-state index in [4.69, 9.17) is 28.9 Å². The highest BCUT2D eigenvalue weighted by atomic mass is 35.5. The number of hydrogen-bond donors (Lipinski definition) is 1. The largest absolute Gasteiger partial charge is 0.334 e. The summed E-state index contributed by atoms with van der Waals surface area (Å²) in [6.45, 7) is 2.67. The maximum absolute atomic E-state index is 12.6. The molecule has 0 spiro atoms. The van der Waals surface area contributed by atoms with Gasteiger partial charge in [0.2, 0.25) is 0 Å². The number of carbonyl (C=O) groups is 1. The van der Waals surface area contributed by atoms with Gasteiger partial charge in [0.05, 0.1) is 10.6 Å². The Morgan fingerprint density at radius 3 is 2.84 bits per heavy atom. The van der Waals surface area contributed by atoms with E-state index in [1.165, 1.54) is 0 Å². The van der Waals surface area contributed by atoms with Crippen LogP contribution < -0.4 is 5.73 Å². The lowest BCUT2D eigenvalue weighted by atomic mass is 9.96. The van der Waals surface area contributed by atoms with Crippen LogP contribution in [0.15, 0.2) is 18.2 Å². The molecule has 0 saturated carbocycles. The Bertz CT molecular complexity index is 477. The van der Waals surface area contributed by atoms with Gasteiger partial charge >= 0.3 is 0 Å². The summed E-state index contributed by atoms with van der Waals surface area (Å²) in [5, 5.41) is 0.950. The fourth-order valence-electron chi connectivity index (χ4n) is 2.57. The minimum absolute atomic E-state index is 0.0396. The van der Waals surface area contributed by atoms with Crippen LogP contribution in [0.2, 0.25) is 10.0 Å². The van der Waals surface area contributed by atoms with Crippen LogP contribution in [0.25, 0.3) is 0 Å². The van der Waals surface area contributed by atoms with Gasteiger partial charge in [-0.05, 0) is 44.4 Å². The zero-order valence-electron chi connectivity index (χ0n) is 10.9. The van der Waals surface area contributed by atoms with Crippen LogP contribution in [0.4, 0.5) is 0 Å². The highest BCUT2D eigenvalue weighted by Crippen LogP contribution is 2.26. The first kappa shape index (κ1) is 14.6. The van der Waals surface area contributed by atoms with Crippen LogP contribution in [-0.2, 0) is 0 Å². The first-order chi connectivity index (χ1) is 9.00. The number of carbonyl (C=O) groups excluding carboxylic acids is 1. The predicted octanol–water partition coefficient (Wildman–Crippen LogP) is 3.34. The van der Waals surface area contributed by atoms with Crippen LogP contribution in [0.5, 0.6) is 0 Å². The molecule has 2 N–H and O–H groups in total. The molecule has 104 valence electrons. The number of nitrogens with two attached hydrogens (primary N) is 1. The van der Waals surface area contributed by atoms with Crippen molar-refractivity contribution in [1.29, 1.82) is 0 Å². The molecule has 1 amide bonds. The standard InChI is InChI=1S/C14H18Cl2N2O/c1-9(17)13-4-2-3-7-18(13)14(19)11-8-10(15)5-6-12(11)16/h5-6,8-9,13H,2-4,7,17H2,1H3. The van der Waals surface area contributed by atoms with Crippen molar-refractivity contribution in [1.82, 2.24) is 4.90 Å². The van der Waals surface area contributed by atoms with E-state index < -0.39 is 0 Å². The van der Waals surface area contributed by atoms with Gasteiger partial charge in [0.1, 0.15) is 0 Å². The maximum atomic E-state index is 12.6. The van der Waals surface area contributed by atoms with Gasteiger partial charge in [0.15, 0.2) is 0 Å². The Kier molecular flexibility index (Phi) is 4.71. The quantitative estimate of drug-likeness (QED) is 0.910. The Morgan fingerprint density at radius 1 is 1.42 bits per heavy atom. The van der Waals surface area contributed by atoms with E-state index in [0.717, 1.165) is 25.8 Å². The molecule has 0 aromatic heterocycles. The Morgan fingerprint density at radius 2 is 2.16 bits per heavy atom. The van der Waals surface area contributed by atoms with E-state index in [1.807, 2.05) is 11.8 Å². The molecule has 1 aliphatic heterocycles. The van der Waals surface area contributed by atoms with E-state index in [0.29, 0.717) is 15.6 Å². The van der Waals surface area contributed by atoms with Crippen molar-refractivity contribution >= 4 is 29.1 Å². The summed E-state index contributed by atoms with van der Waals surface area (Å²) in [5.74, 6) is -0.0745. The molecule has 3 nitrogen and oxygen atoms in total. The molecule has 0 radical (unpaired) electrons. The summed E-state index contributed by atoms with van der Waals surface area (Å²) < 4.78 is 0. The number of piperidine rings is 1. The number of halogens is 2. The normalized spacial score (nSPS) is 21.3. The molecule has 1 aromatic carbocycles. The molecule has 2 atom stereocenters. The molecule has 0 aliphatic carbocycles. The zero-order chi connectivity index (χ0) is 14.0. The fourth-order valence-corrected chi connectivity index (χ4v) is 2.94. The topological polar surface area (TPSA) is 46.3 Å². The predicted molar refractivity (Wildman–Crippen MR) is 78.8 cm³/mol. The van der Waals surface area contributed by atoms with Crippen LogP contribution in [0.3, 0.4) is 0 Å². The van der Waals surface area contributed by atoms with Crippen molar-refractivity contribution in [2.75, 3.05) is 6.54 Å². The van der Waals surface area contributed by atoms with E-state index in [2.05, 4.69) is 0 Å². The van der Waals surface area contributed by atoms with Crippen molar-refractivity contribution in [3.05, 3.63) is 33.8 Å². The zero-order valence-corrected chi connectivity index (χ0v) is 12.4. The van der Waals surface area contributed by atoms with Crippen molar-refractivity contribution in [3.63, 3.8) is 0 Å². The summed E-state index contributed by atoms with van der Waals surface area (Å²) in [7, 11) is 0. The van der Waals surface area contributed by atoms with E-state index >= 15 is 0 Å². The first-order valence-corrected chi connectivity index (χ1v) is 7.28. The second-order valence-electron chi connectivity index (χ2n) is 5.04. The third kappa shape index (κ3) is 3.22. The molecule has 1 saturated heterocycles. The highest BCUT2D eigenvalue weighted by molar-refractivity contribution is 6.35. The van der Waals surface area contributed by atoms with Crippen molar-refractivity contribution in [2.24, 2.45) is 5.73 Å². The summed E-state index contributed by atoms with van der Waals surface area (Å²) in [6, 6.07) is 5.00. The number of benzene rings is 1. The minimum atomic E-state index is -0.0745. The summed E-state index contributed by atoms with van der Waals surface area (Å²) in [6.07, 6.45) is 3.06. The highest BCUT2D eigenvalue weighted by Gasteiger charge is 2.30. The van der Waals surface area contributed by atoms with Gasteiger partial charge in [-0.1, -0.05) is 23.2 Å². The summed E-state index contributed by atoms with van der Waals surface area (Å²) in [4.78, 5) is 14.5. The van der Waals surface area contributed by atoms with Gasteiger partial charge in [-0.3, -0.25) is 4.79 Å². The lowest BCUT2D eigenvalue weighted by molar-refractivity contribution is 0.0584. The molecule has 19 heavy (non-hydrogen) atoms. The van der Waals surface area contributed by atoms with Crippen LogP contribution >= 0.6 is 23.2 Å². The molecule has 1 fully saturated rings. The van der Waals surface area contributed by atoms with E-state index in [-0.39, 0.29) is 18.0 Å². The maximum Gasteiger partial charge on any atom is 0.255 e. The second-order valence-corrected chi connectivity index (χ2v) is 5.89. The monoisotopic (exact) mass is 300 g/mol. The van der Waals surface area contributed by atoms with E-state index in [9.17, 15) is 4.79 Å². The molecule has 5 heteroatoms. The number of hydrogen-bond acceptors (Lipinski definition) is 2. The molecule has 1 aromatic rings. The molecular weight excluding hydrogens is 283 g/mol. The van der Waals surface area contributed by atoms with Gasteiger partial charge < -0.3 is 10.6 Å². The Labute approximate surface area is 123 Å². The van der Waals surface area contributed by atoms with Gasteiger partial charge in [-0.25, -0.2) is 0 Å². The van der Waals surface area contributed by atoms with Crippen molar-refractivity contribution < 1.29 is 4.79 Å². The molecule has 2 rings (SSSR count). The van der Waals surface area contributed by atoms with Crippen LogP contribution in [0, 0.1) is 0 Å². The van der Waals surface area contributed by atoms with Gasteiger partial charge in [0.25, 0.3) is 5.91 Å². The summed E-state index contributed by atoms with van der Waals surface area (Å²) in [5.41, 5.74) is 6.45. The molecular formula is C14H18Cl2N2O. The third-order valence-corrected chi connectivity index (χ3v) is 4.14. The number of likely N-dealkylation sites (tertiary alicyclic amines) is 1. The Hall–Kier alpha value is -0.770. The van der Waals surface area contributed by atoms with Crippen LogP contribution in [-0.4, -0.2) is 29.4 Å². The first-order valence-electron chi connectivity index (χ1n) is 6.52. The number of nitrogens with zero attached hydrogens (tertiary/aromatic N) is 1. The van der Waals surface area contributed by atoms with Crippen molar-refractivity contribution in [2.45, 2.75) is 38.3 Å². The van der Waals surface area contributed by atoms with Crippen LogP contribution in [0.1, 0.15) is 36.5 Å². The lowest BCUT2D eigenvalue weighted by Gasteiger charge is -2.38. The van der Waals surface area contributed by atoms with E-state index in [1.54, 1.807) is 18.2 Å². The molecule has 1 aliphatic rings.